The molecular weight excluding hydrogens is 309 g/mol. The molecule has 1 aromatic carbocycles. The number of carbonyl (C=O) groups is 1. The van der Waals surface area contributed by atoms with Crippen LogP contribution in [0.5, 0.6) is 0 Å². The van der Waals surface area contributed by atoms with Crippen molar-refractivity contribution in [3.8, 4) is 0 Å². The number of anilines is 2. The third kappa shape index (κ3) is 4.09. The summed E-state index contributed by atoms with van der Waals surface area (Å²) in [6.07, 6.45) is 4.18. The maximum Gasteiger partial charge on any atom is 0.257 e. The van der Waals surface area contributed by atoms with E-state index in [9.17, 15) is 4.79 Å². The zero-order chi connectivity index (χ0) is 15.2. The van der Waals surface area contributed by atoms with E-state index in [0.29, 0.717) is 21.3 Å². The van der Waals surface area contributed by atoms with E-state index in [1.165, 1.54) is 6.20 Å². The third-order valence-corrected chi connectivity index (χ3v) is 3.60. The van der Waals surface area contributed by atoms with Crippen LogP contribution in [0.3, 0.4) is 0 Å². The Labute approximate surface area is 133 Å². The highest BCUT2D eigenvalue weighted by Crippen LogP contribution is 2.29. The number of halogens is 2. The van der Waals surface area contributed by atoms with Crippen LogP contribution in [-0.2, 0) is 0 Å². The van der Waals surface area contributed by atoms with E-state index in [1.54, 1.807) is 30.5 Å². The first-order chi connectivity index (χ1) is 10.1. The molecule has 110 valence electrons. The Morgan fingerprint density at radius 1 is 1.29 bits per heavy atom. The summed E-state index contributed by atoms with van der Waals surface area (Å²) >= 11 is 12.0. The van der Waals surface area contributed by atoms with E-state index in [-0.39, 0.29) is 5.91 Å². The fraction of sp³-hybridized carbons (Fsp3) is 0.200. The van der Waals surface area contributed by atoms with Crippen molar-refractivity contribution in [3.05, 3.63) is 52.3 Å². The molecule has 0 bridgehead atoms. The van der Waals surface area contributed by atoms with Gasteiger partial charge in [0.15, 0.2) is 0 Å². The van der Waals surface area contributed by atoms with Gasteiger partial charge in [-0.1, -0.05) is 36.2 Å². The van der Waals surface area contributed by atoms with Gasteiger partial charge in [0.25, 0.3) is 5.91 Å². The molecule has 0 aliphatic carbocycles. The van der Waals surface area contributed by atoms with Crippen LogP contribution >= 0.6 is 23.2 Å². The van der Waals surface area contributed by atoms with Crippen LogP contribution in [0.15, 0.2) is 36.7 Å². The summed E-state index contributed by atoms with van der Waals surface area (Å²) in [4.78, 5) is 16.3. The van der Waals surface area contributed by atoms with E-state index in [2.05, 4.69) is 22.5 Å². The number of nitrogens with zero attached hydrogens (tertiary/aromatic N) is 1. The Kier molecular flexibility index (Phi) is 5.42. The van der Waals surface area contributed by atoms with Crippen molar-refractivity contribution in [1.82, 2.24) is 4.98 Å². The quantitative estimate of drug-likeness (QED) is 0.853. The van der Waals surface area contributed by atoms with Gasteiger partial charge in [0, 0.05) is 18.9 Å². The van der Waals surface area contributed by atoms with Crippen molar-refractivity contribution in [1.29, 1.82) is 0 Å². The SMILES string of the molecule is CCCNc1cncc(C(=O)Nc2cccc(Cl)c2Cl)c1. The molecule has 0 fully saturated rings. The monoisotopic (exact) mass is 323 g/mol. The molecule has 0 aliphatic rings. The Morgan fingerprint density at radius 3 is 2.86 bits per heavy atom. The summed E-state index contributed by atoms with van der Waals surface area (Å²) in [5.74, 6) is -0.285. The van der Waals surface area contributed by atoms with E-state index in [4.69, 9.17) is 23.2 Å². The first kappa shape index (κ1) is 15.6. The van der Waals surface area contributed by atoms with Crippen molar-refractivity contribution < 1.29 is 4.79 Å². The van der Waals surface area contributed by atoms with Crippen LogP contribution in [0.25, 0.3) is 0 Å². The average Bonchev–Trinajstić information content (AvgIpc) is 2.50. The maximum absolute atomic E-state index is 12.2. The van der Waals surface area contributed by atoms with E-state index in [1.807, 2.05) is 0 Å². The molecule has 0 aliphatic heterocycles. The Morgan fingerprint density at radius 2 is 2.10 bits per heavy atom. The number of benzene rings is 1. The minimum Gasteiger partial charge on any atom is -0.384 e. The number of amides is 1. The second-order valence-corrected chi connectivity index (χ2v) is 5.23. The van der Waals surface area contributed by atoms with Gasteiger partial charge in [-0.25, -0.2) is 0 Å². The molecule has 6 heteroatoms. The van der Waals surface area contributed by atoms with Gasteiger partial charge in [-0.2, -0.15) is 0 Å². The Balaban J connectivity index is 2.15. The number of hydrogen-bond donors (Lipinski definition) is 2. The summed E-state index contributed by atoms with van der Waals surface area (Å²) in [5, 5.41) is 6.63. The summed E-state index contributed by atoms with van der Waals surface area (Å²) in [6.45, 7) is 2.89. The van der Waals surface area contributed by atoms with Gasteiger partial charge in [-0.3, -0.25) is 9.78 Å². The average molecular weight is 324 g/mol. The normalized spacial score (nSPS) is 10.2. The lowest BCUT2D eigenvalue weighted by Crippen LogP contribution is -2.13. The number of rotatable bonds is 5. The molecule has 0 radical (unpaired) electrons. The number of aromatic nitrogens is 1. The standard InChI is InChI=1S/C15H15Cl2N3O/c1-2-6-19-11-7-10(8-18-9-11)15(21)20-13-5-3-4-12(16)14(13)17/h3-5,7-9,19H,2,6H2,1H3,(H,20,21). The second-order valence-electron chi connectivity index (χ2n) is 4.44. The maximum atomic E-state index is 12.2. The molecule has 2 N–H and O–H groups in total. The minimum atomic E-state index is -0.285. The summed E-state index contributed by atoms with van der Waals surface area (Å²) in [7, 11) is 0. The van der Waals surface area contributed by atoms with E-state index in [0.717, 1.165) is 18.7 Å². The zero-order valence-electron chi connectivity index (χ0n) is 11.5. The highest BCUT2D eigenvalue weighted by molar-refractivity contribution is 6.44. The Bertz CT molecular complexity index is 647. The highest BCUT2D eigenvalue weighted by Gasteiger charge is 2.11. The van der Waals surface area contributed by atoms with Crippen molar-refractivity contribution >= 4 is 40.5 Å². The molecule has 4 nitrogen and oxygen atoms in total. The van der Waals surface area contributed by atoms with Gasteiger partial charge < -0.3 is 10.6 Å². The summed E-state index contributed by atoms with van der Waals surface area (Å²) < 4.78 is 0. The fourth-order valence-corrected chi connectivity index (χ4v) is 2.07. The van der Waals surface area contributed by atoms with Crippen molar-refractivity contribution in [2.45, 2.75) is 13.3 Å². The van der Waals surface area contributed by atoms with Crippen LogP contribution in [0, 0.1) is 0 Å². The zero-order valence-corrected chi connectivity index (χ0v) is 13.0. The van der Waals surface area contributed by atoms with Crippen LogP contribution in [0.2, 0.25) is 10.0 Å². The van der Waals surface area contributed by atoms with Crippen LogP contribution in [0.1, 0.15) is 23.7 Å². The summed E-state index contributed by atoms with van der Waals surface area (Å²) in [5.41, 5.74) is 1.73. The van der Waals surface area contributed by atoms with Crippen molar-refractivity contribution in [2.24, 2.45) is 0 Å². The molecule has 2 aromatic rings. The van der Waals surface area contributed by atoms with Gasteiger partial charge in [0.1, 0.15) is 0 Å². The molecule has 0 atom stereocenters. The van der Waals surface area contributed by atoms with E-state index < -0.39 is 0 Å². The largest absolute Gasteiger partial charge is 0.384 e. The molecule has 0 saturated carbocycles. The molecule has 21 heavy (non-hydrogen) atoms. The third-order valence-electron chi connectivity index (χ3n) is 2.78. The van der Waals surface area contributed by atoms with Gasteiger partial charge in [0.2, 0.25) is 0 Å². The molecule has 1 amide bonds. The predicted octanol–water partition coefficient (Wildman–Crippen LogP) is 4.46. The van der Waals surface area contributed by atoms with Crippen molar-refractivity contribution in [2.75, 3.05) is 17.2 Å². The fourth-order valence-electron chi connectivity index (χ4n) is 1.72. The van der Waals surface area contributed by atoms with Gasteiger partial charge in [-0.15, -0.1) is 0 Å². The first-order valence-corrected chi connectivity index (χ1v) is 7.31. The van der Waals surface area contributed by atoms with Gasteiger partial charge in [-0.05, 0) is 24.6 Å². The van der Waals surface area contributed by atoms with Crippen molar-refractivity contribution in [3.63, 3.8) is 0 Å². The second kappa shape index (κ2) is 7.29. The van der Waals surface area contributed by atoms with Gasteiger partial charge in [0.05, 0.1) is 27.0 Å². The molecule has 2 rings (SSSR count). The molecule has 0 saturated heterocycles. The molecule has 1 heterocycles. The number of hydrogen-bond acceptors (Lipinski definition) is 3. The lowest BCUT2D eigenvalue weighted by atomic mass is 10.2. The highest BCUT2D eigenvalue weighted by atomic mass is 35.5. The predicted molar refractivity (Wildman–Crippen MR) is 87.4 cm³/mol. The smallest absolute Gasteiger partial charge is 0.257 e. The number of carbonyl (C=O) groups excluding carboxylic acids is 1. The Hall–Kier alpha value is -1.78. The lowest BCUT2D eigenvalue weighted by Gasteiger charge is -2.09. The minimum absolute atomic E-state index is 0.285. The number of nitrogens with one attached hydrogen (secondary N) is 2. The van der Waals surface area contributed by atoms with Crippen LogP contribution in [-0.4, -0.2) is 17.4 Å². The number of pyridine rings is 1. The van der Waals surface area contributed by atoms with Crippen LogP contribution in [0.4, 0.5) is 11.4 Å². The van der Waals surface area contributed by atoms with Crippen LogP contribution < -0.4 is 10.6 Å². The van der Waals surface area contributed by atoms with E-state index >= 15 is 0 Å². The lowest BCUT2D eigenvalue weighted by molar-refractivity contribution is 0.102. The summed E-state index contributed by atoms with van der Waals surface area (Å²) in [6, 6.07) is 6.83. The molecule has 0 spiro atoms. The molecule has 1 aromatic heterocycles. The van der Waals surface area contributed by atoms with Gasteiger partial charge >= 0.3 is 0 Å². The first-order valence-electron chi connectivity index (χ1n) is 6.56. The molecule has 0 unspecified atom stereocenters. The topological polar surface area (TPSA) is 54.0 Å². The molecular formula is C15H15Cl2N3O.